The third kappa shape index (κ3) is 4.25. The molecule has 0 radical (unpaired) electrons. The molecule has 29 heavy (non-hydrogen) atoms. The van der Waals surface area contributed by atoms with E-state index in [0.717, 1.165) is 11.1 Å². The molecule has 1 heterocycles. The van der Waals surface area contributed by atoms with Crippen molar-refractivity contribution in [1.82, 2.24) is 0 Å². The van der Waals surface area contributed by atoms with E-state index in [0.29, 0.717) is 18.0 Å². The summed E-state index contributed by atoms with van der Waals surface area (Å²) in [6, 6.07) is 15.5. The predicted octanol–water partition coefficient (Wildman–Crippen LogP) is 3.15. The maximum atomic E-state index is 12.6. The van der Waals surface area contributed by atoms with Gasteiger partial charge in [-0.25, -0.2) is 9.59 Å². The van der Waals surface area contributed by atoms with Crippen molar-refractivity contribution in [2.24, 2.45) is 0 Å². The average Bonchev–Trinajstić information content (AvgIpc) is 2.78. The lowest BCUT2D eigenvalue weighted by molar-refractivity contribution is -0.140. The number of hydrogen-bond donors (Lipinski definition) is 0. The minimum absolute atomic E-state index is 0.0457. The molecule has 2 aromatic carbocycles. The molecule has 0 amide bonds. The van der Waals surface area contributed by atoms with Crippen molar-refractivity contribution in [3.05, 3.63) is 59.8 Å². The fourth-order valence-electron chi connectivity index (χ4n) is 3.15. The van der Waals surface area contributed by atoms with Gasteiger partial charge in [0, 0.05) is 0 Å². The van der Waals surface area contributed by atoms with E-state index in [9.17, 15) is 9.59 Å². The van der Waals surface area contributed by atoms with Gasteiger partial charge in [-0.05, 0) is 30.2 Å². The maximum Gasteiger partial charge on any atom is 0.355 e. The number of hydrogen-bond acceptors (Lipinski definition) is 7. The Labute approximate surface area is 169 Å². The smallest absolute Gasteiger partial charge is 0.355 e. The molecule has 3 rings (SSSR count). The van der Waals surface area contributed by atoms with Gasteiger partial charge in [0.05, 0.1) is 38.7 Å². The summed E-state index contributed by atoms with van der Waals surface area (Å²) in [4.78, 5) is 26.4. The molecule has 2 aromatic rings. The molecule has 0 atom stereocenters. The van der Waals surface area contributed by atoms with Crippen LogP contribution in [0.3, 0.4) is 0 Å². The molecule has 1 aliphatic heterocycles. The van der Waals surface area contributed by atoms with Crippen LogP contribution >= 0.6 is 0 Å². The maximum absolute atomic E-state index is 12.6. The molecule has 0 saturated heterocycles. The summed E-state index contributed by atoms with van der Waals surface area (Å²) in [6.07, 6.45) is 0. The molecular weight excluding hydrogens is 374 g/mol. The molecule has 0 aliphatic carbocycles. The fourth-order valence-corrected chi connectivity index (χ4v) is 3.15. The first-order valence-electron chi connectivity index (χ1n) is 9.18. The number of rotatable bonds is 6. The standard InChI is InChI=1S/C22H23NO6/c1-4-29-19-11-10-16(15-8-6-5-7-9-15)12-18(19)23-14-28-13-17(21(24)26-2)20(23)22(25)27-3/h5-12H,4,13-14H2,1-3H3. The van der Waals surface area contributed by atoms with E-state index >= 15 is 0 Å². The minimum atomic E-state index is -0.652. The second-order valence-corrected chi connectivity index (χ2v) is 6.20. The van der Waals surface area contributed by atoms with E-state index in [4.69, 9.17) is 18.9 Å². The lowest BCUT2D eigenvalue weighted by atomic mass is 10.0. The van der Waals surface area contributed by atoms with Crippen molar-refractivity contribution >= 4 is 17.6 Å². The molecule has 0 unspecified atom stereocenters. The van der Waals surface area contributed by atoms with E-state index in [-0.39, 0.29) is 24.6 Å². The zero-order valence-corrected chi connectivity index (χ0v) is 16.6. The first-order chi connectivity index (χ1) is 14.1. The third-order valence-electron chi connectivity index (χ3n) is 4.49. The number of anilines is 1. The molecule has 152 valence electrons. The second-order valence-electron chi connectivity index (χ2n) is 6.20. The van der Waals surface area contributed by atoms with E-state index in [2.05, 4.69) is 0 Å². The van der Waals surface area contributed by atoms with Crippen molar-refractivity contribution in [2.75, 3.05) is 39.1 Å². The number of carbonyl (C=O) groups is 2. The van der Waals surface area contributed by atoms with Gasteiger partial charge in [-0.1, -0.05) is 36.4 Å². The SMILES string of the molecule is CCOc1ccc(-c2ccccc2)cc1N1COCC(C(=O)OC)=C1C(=O)OC. The van der Waals surface area contributed by atoms with Crippen LogP contribution in [0.1, 0.15) is 6.92 Å². The molecule has 7 heteroatoms. The highest BCUT2D eigenvalue weighted by Crippen LogP contribution is 2.37. The zero-order chi connectivity index (χ0) is 20.8. The van der Waals surface area contributed by atoms with Crippen LogP contribution in [0, 0.1) is 0 Å². The molecule has 0 spiro atoms. The Hall–Kier alpha value is -3.32. The van der Waals surface area contributed by atoms with Crippen LogP contribution in [0.2, 0.25) is 0 Å². The predicted molar refractivity (Wildman–Crippen MR) is 107 cm³/mol. The number of benzene rings is 2. The van der Waals surface area contributed by atoms with Crippen LogP contribution in [0.5, 0.6) is 5.75 Å². The lowest BCUT2D eigenvalue weighted by Gasteiger charge is -2.32. The van der Waals surface area contributed by atoms with Gasteiger partial charge in [0.2, 0.25) is 0 Å². The second kappa shape index (κ2) is 9.25. The summed E-state index contributed by atoms with van der Waals surface area (Å²) in [5.41, 5.74) is 2.70. The fraction of sp³-hybridized carbons (Fsp3) is 0.273. The Morgan fingerprint density at radius 1 is 1.00 bits per heavy atom. The van der Waals surface area contributed by atoms with Gasteiger partial charge in [-0.15, -0.1) is 0 Å². The third-order valence-corrected chi connectivity index (χ3v) is 4.49. The van der Waals surface area contributed by atoms with Gasteiger partial charge in [0.15, 0.2) is 0 Å². The van der Waals surface area contributed by atoms with Crippen molar-refractivity contribution in [2.45, 2.75) is 6.92 Å². The molecule has 0 saturated carbocycles. The summed E-state index contributed by atoms with van der Waals surface area (Å²) in [6.45, 7) is 2.32. The summed E-state index contributed by atoms with van der Waals surface area (Å²) in [5.74, 6) is -0.739. The first kappa shape index (κ1) is 20.4. The molecule has 0 aromatic heterocycles. The highest BCUT2D eigenvalue weighted by atomic mass is 16.5. The van der Waals surface area contributed by atoms with E-state index in [1.165, 1.54) is 14.2 Å². The Morgan fingerprint density at radius 3 is 2.38 bits per heavy atom. The number of carbonyl (C=O) groups excluding carboxylic acids is 2. The first-order valence-corrected chi connectivity index (χ1v) is 9.18. The van der Waals surface area contributed by atoms with Crippen LogP contribution in [0.15, 0.2) is 59.8 Å². The molecule has 0 fully saturated rings. The number of nitrogens with zero attached hydrogens (tertiary/aromatic N) is 1. The quantitative estimate of drug-likeness (QED) is 0.693. The van der Waals surface area contributed by atoms with E-state index in [1.807, 2.05) is 55.5 Å². The van der Waals surface area contributed by atoms with E-state index in [1.54, 1.807) is 4.90 Å². The van der Waals surface area contributed by atoms with Crippen LogP contribution in [-0.2, 0) is 23.8 Å². The average molecular weight is 397 g/mol. The van der Waals surface area contributed by atoms with Crippen LogP contribution in [-0.4, -0.2) is 46.1 Å². The Kier molecular flexibility index (Phi) is 6.51. The molecule has 7 nitrogen and oxygen atoms in total. The summed E-state index contributed by atoms with van der Waals surface area (Å²) < 4.78 is 21.1. The molecule has 1 aliphatic rings. The van der Waals surface area contributed by atoms with Gasteiger partial charge in [0.25, 0.3) is 0 Å². The summed E-state index contributed by atoms with van der Waals surface area (Å²) in [7, 11) is 2.52. The molecular formula is C22H23NO6. The van der Waals surface area contributed by atoms with Crippen LogP contribution in [0.4, 0.5) is 5.69 Å². The van der Waals surface area contributed by atoms with Gasteiger partial charge in [0.1, 0.15) is 18.2 Å². The molecule has 0 N–H and O–H groups in total. The zero-order valence-electron chi connectivity index (χ0n) is 16.6. The minimum Gasteiger partial charge on any atom is -0.492 e. The van der Waals surface area contributed by atoms with Crippen LogP contribution < -0.4 is 9.64 Å². The molecule has 0 bridgehead atoms. The monoisotopic (exact) mass is 397 g/mol. The summed E-state index contributed by atoms with van der Waals surface area (Å²) in [5, 5.41) is 0. The van der Waals surface area contributed by atoms with Gasteiger partial charge in [-0.2, -0.15) is 0 Å². The highest BCUT2D eigenvalue weighted by molar-refractivity contribution is 6.03. The van der Waals surface area contributed by atoms with Crippen molar-refractivity contribution < 1.29 is 28.5 Å². The van der Waals surface area contributed by atoms with Crippen molar-refractivity contribution in [1.29, 1.82) is 0 Å². The Bertz CT molecular complexity index is 922. The normalized spacial score (nSPS) is 13.8. The summed E-state index contributed by atoms with van der Waals surface area (Å²) >= 11 is 0. The highest BCUT2D eigenvalue weighted by Gasteiger charge is 2.33. The topological polar surface area (TPSA) is 74.3 Å². The Balaban J connectivity index is 2.17. The number of ether oxygens (including phenoxy) is 4. The number of esters is 2. The van der Waals surface area contributed by atoms with Crippen LogP contribution in [0.25, 0.3) is 11.1 Å². The number of methoxy groups -OCH3 is 2. The van der Waals surface area contributed by atoms with Crippen molar-refractivity contribution in [3.8, 4) is 16.9 Å². The Morgan fingerprint density at radius 2 is 1.72 bits per heavy atom. The van der Waals surface area contributed by atoms with Crippen molar-refractivity contribution in [3.63, 3.8) is 0 Å². The lowest BCUT2D eigenvalue weighted by Crippen LogP contribution is -2.39. The van der Waals surface area contributed by atoms with Gasteiger partial charge < -0.3 is 23.8 Å². The van der Waals surface area contributed by atoms with E-state index < -0.39 is 11.9 Å². The van der Waals surface area contributed by atoms with Gasteiger partial charge in [-0.3, -0.25) is 0 Å². The van der Waals surface area contributed by atoms with Gasteiger partial charge >= 0.3 is 11.9 Å². The largest absolute Gasteiger partial charge is 0.492 e.